The third-order valence-corrected chi connectivity index (χ3v) is 6.52. The zero-order valence-corrected chi connectivity index (χ0v) is 19.9. The van der Waals surface area contributed by atoms with Crippen LogP contribution in [0.2, 0.25) is 0 Å². The van der Waals surface area contributed by atoms with Crippen molar-refractivity contribution in [2.45, 2.75) is 71.3 Å². The van der Waals surface area contributed by atoms with Crippen LogP contribution >= 0.6 is 0 Å². The third-order valence-electron chi connectivity index (χ3n) is 6.52. The average molecular weight is 445 g/mol. The Morgan fingerprint density at radius 1 is 1.12 bits per heavy atom. The second-order valence-corrected chi connectivity index (χ2v) is 9.34. The number of carbonyl (C=O) groups is 2. The monoisotopic (exact) mass is 444 g/mol. The summed E-state index contributed by atoms with van der Waals surface area (Å²) in [7, 11) is 0. The second kappa shape index (κ2) is 12.8. The number of carbonyl (C=O) groups excluding carboxylic acids is 2. The molecule has 1 aliphatic heterocycles. The first-order chi connectivity index (χ1) is 15.5. The van der Waals surface area contributed by atoms with Crippen molar-refractivity contribution >= 4 is 17.6 Å². The summed E-state index contributed by atoms with van der Waals surface area (Å²) in [5.41, 5.74) is 0.565. The van der Waals surface area contributed by atoms with Crippen LogP contribution in [0.25, 0.3) is 0 Å². The lowest BCUT2D eigenvalue weighted by molar-refractivity contribution is -0.131. The predicted octanol–water partition coefficient (Wildman–Crippen LogP) is 3.64. The maximum atomic E-state index is 12.6. The van der Waals surface area contributed by atoms with Crippen molar-refractivity contribution in [2.24, 2.45) is 5.92 Å². The smallest absolute Gasteiger partial charge is 0.252 e. The Morgan fingerprint density at radius 3 is 2.53 bits per heavy atom. The van der Waals surface area contributed by atoms with Crippen molar-refractivity contribution in [3.8, 4) is 0 Å². The highest BCUT2D eigenvalue weighted by molar-refractivity contribution is 5.94. The van der Waals surface area contributed by atoms with Crippen molar-refractivity contribution in [3.63, 3.8) is 0 Å². The molecule has 3 rings (SSSR count). The number of piperazine rings is 1. The minimum absolute atomic E-state index is 0.109. The Balaban J connectivity index is 1.36. The largest absolute Gasteiger partial charge is 0.379 e. The average Bonchev–Trinajstić information content (AvgIpc) is 2.83. The number of hydrogen-bond donors (Lipinski definition) is 1. The van der Waals surface area contributed by atoms with Crippen LogP contribution in [0, 0.1) is 5.92 Å². The molecule has 0 radical (unpaired) electrons. The van der Waals surface area contributed by atoms with Crippen LogP contribution < -0.4 is 10.2 Å². The van der Waals surface area contributed by atoms with E-state index < -0.39 is 0 Å². The van der Waals surface area contributed by atoms with E-state index in [1.165, 1.54) is 32.1 Å². The Hall–Kier alpha value is -2.15. The van der Waals surface area contributed by atoms with Crippen LogP contribution in [-0.4, -0.2) is 67.1 Å². The lowest BCUT2D eigenvalue weighted by Gasteiger charge is -2.35. The minimum Gasteiger partial charge on any atom is -0.379 e. The summed E-state index contributed by atoms with van der Waals surface area (Å²) in [5, 5.41) is 2.91. The van der Waals surface area contributed by atoms with Gasteiger partial charge in [0.05, 0.1) is 11.7 Å². The first-order valence-electron chi connectivity index (χ1n) is 12.4. The van der Waals surface area contributed by atoms with Gasteiger partial charge in [-0.15, -0.1) is 0 Å². The van der Waals surface area contributed by atoms with E-state index in [1.54, 1.807) is 6.20 Å². The fraction of sp³-hybridized carbons (Fsp3) is 0.720. The van der Waals surface area contributed by atoms with Crippen molar-refractivity contribution in [1.29, 1.82) is 0 Å². The molecule has 0 atom stereocenters. The van der Waals surface area contributed by atoms with E-state index in [-0.39, 0.29) is 12.0 Å². The van der Waals surface area contributed by atoms with E-state index >= 15 is 0 Å². The number of amides is 2. The van der Waals surface area contributed by atoms with Gasteiger partial charge >= 0.3 is 0 Å². The molecule has 178 valence electrons. The highest BCUT2D eigenvalue weighted by atomic mass is 16.5. The molecule has 0 aromatic carbocycles. The van der Waals surface area contributed by atoms with Crippen molar-refractivity contribution in [3.05, 3.63) is 23.9 Å². The van der Waals surface area contributed by atoms with Gasteiger partial charge in [-0.1, -0.05) is 32.1 Å². The maximum Gasteiger partial charge on any atom is 0.252 e. The number of anilines is 1. The zero-order chi connectivity index (χ0) is 22.8. The molecule has 0 bridgehead atoms. The van der Waals surface area contributed by atoms with Crippen LogP contribution in [0.3, 0.4) is 0 Å². The van der Waals surface area contributed by atoms with Crippen LogP contribution in [0.1, 0.15) is 75.6 Å². The lowest BCUT2D eigenvalue weighted by Crippen LogP contribution is -2.49. The molecular formula is C25H40N4O3. The lowest BCUT2D eigenvalue weighted by atomic mass is 9.86. The molecule has 2 heterocycles. The summed E-state index contributed by atoms with van der Waals surface area (Å²) in [6.07, 6.45) is 11.0. The van der Waals surface area contributed by atoms with E-state index in [0.717, 1.165) is 50.8 Å². The van der Waals surface area contributed by atoms with Crippen LogP contribution in [-0.2, 0) is 9.53 Å². The zero-order valence-electron chi connectivity index (χ0n) is 19.9. The normalized spacial score (nSPS) is 17.6. The summed E-state index contributed by atoms with van der Waals surface area (Å²) < 4.78 is 5.48. The number of hydrogen-bond acceptors (Lipinski definition) is 5. The molecule has 7 heteroatoms. The first-order valence-corrected chi connectivity index (χ1v) is 12.4. The van der Waals surface area contributed by atoms with Gasteiger partial charge in [-0.05, 0) is 44.7 Å². The van der Waals surface area contributed by atoms with Gasteiger partial charge in [0.1, 0.15) is 5.82 Å². The summed E-state index contributed by atoms with van der Waals surface area (Å²) in [5.74, 6) is 1.81. The molecule has 32 heavy (non-hydrogen) atoms. The van der Waals surface area contributed by atoms with E-state index in [1.807, 2.05) is 30.9 Å². The number of pyridine rings is 1. The van der Waals surface area contributed by atoms with Crippen LogP contribution in [0.5, 0.6) is 0 Å². The van der Waals surface area contributed by atoms with E-state index in [0.29, 0.717) is 31.0 Å². The highest BCUT2D eigenvalue weighted by Gasteiger charge is 2.23. The molecule has 1 aromatic rings. The molecular weight excluding hydrogens is 404 g/mol. The Kier molecular flexibility index (Phi) is 9.78. The molecule has 2 aliphatic rings. The molecule has 0 unspecified atom stereocenters. The Labute approximate surface area is 192 Å². The van der Waals surface area contributed by atoms with Gasteiger partial charge in [0.2, 0.25) is 5.91 Å². The predicted molar refractivity (Wildman–Crippen MR) is 127 cm³/mol. The molecule has 1 aliphatic carbocycles. The number of rotatable bonds is 10. The minimum atomic E-state index is -0.109. The molecule has 1 saturated heterocycles. The van der Waals surface area contributed by atoms with Crippen molar-refractivity contribution in [2.75, 3.05) is 44.2 Å². The van der Waals surface area contributed by atoms with E-state index in [2.05, 4.69) is 15.2 Å². The van der Waals surface area contributed by atoms with Gasteiger partial charge in [0.15, 0.2) is 0 Å². The van der Waals surface area contributed by atoms with Gasteiger partial charge in [-0.25, -0.2) is 4.98 Å². The molecule has 1 aromatic heterocycles. The van der Waals surface area contributed by atoms with Crippen molar-refractivity contribution < 1.29 is 14.3 Å². The molecule has 7 nitrogen and oxygen atoms in total. The maximum absolute atomic E-state index is 12.6. The molecule has 1 saturated carbocycles. The standard InChI is InChI=1S/C25H40N4O3/c1-20(2)32-18-6-13-26-25(31)22-10-11-23(27-19-22)28-14-16-29(17-15-28)24(30)12-9-21-7-4-3-5-8-21/h10-11,19-21H,3-9,12-18H2,1-2H3,(H,26,31). The summed E-state index contributed by atoms with van der Waals surface area (Å²) in [6.45, 7) is 8.28. The summed E-state index contributed by atoms with van der Waals surface area (Å²) >= 11 is 0. The van der Waals surface area contributed by atoms with E-state index in [9.17, 15) is 9.59 Å². The fourth-order valence-electron chi connectivity index (χ4n) is 4.55. The van der Waals surface area contributed by atoms with Crippen LogP contribution in [0.4, 0.5) is 5.82 Å². The quantitative estimate of drug-likeness (QED) is 0.558. The summed E-state index contributed by atoms with van der Waals surface area (Å²) in [6, 6.07) is 3.72. The Bertz CT molecular complexity index is 708. The Morgan fingerprint density at radius 2 is 1.88 bits per heavy atom. The topological polar surface area (TPSA) is 74.8 Å². The third kappa shape index (κ3) is 7.76. The van der Waals surface area contributed by atoms with Crippen LogP contribution in [0.15, 0.2) is 18.3 Å². The molecule has 2 amide bonds. The summed E-state index contributed by atoms with van der Waals surface area (Å²) in [4.78, 5) is 33.6. The van der Waals surface area contributed by atoms with Gasteiger partial charge in [0, 0.05) is 51.9 Å². The van der Waals surface area contributed by atoms with Crippen molar-refractivity contribution in [1.82, 2.24) is 15.2 Å². The SMILES string of the molecule is CC(C)OCCCNC(=O)c1ccc(N2CCN(C(=O)CCC3CCCCC3)CC2)nc1. The number of nitrogens with zero attached hydrogens (tertiary/aromatic N) is 3. The number of ether oxygens (including phenoxy) is 1. The molecule has 1 N–H and O–H groups in total. The van der Waals surface area contributed by atoms with E-state index in [4.69, 9.17) is 4.74 Å². The second-order valence-electron chi connectivity index (χ2n) is 9.34. The number of aromatic nitrogens is 1. The molecule has 0 spiro atoms. The van der Waals surface area contributed by atoms with Gasteiger partial charge < -0.3 is 19.9 Å². The highest BCUT2D eigenvalue weighted by Crippen LogP contribution is 2.27. The van der Waals surface area contributed by atoms with Gasteiger partial charge in [-0.3, -0.25) is 9.59 Å². The van der Waals surface area contributed by atoms with Gasteiger partial charge in [0.25, 0.3) is 5.91 Å². The van der Waals surface area contributed by atoms with Gasteiger partial charge in [-0.2, -0.15) is 0 Å². The fourth-order valence-corrected chi connectivity index (χ4v) is 4.55. The number of nitrogens with one attached hydrogen (secondary N) is 1. The first kappa shape index (κ1) is 24.5. The molecule has 2 fully saturated rings.